The van der Waals surface area contributed by atoms with Gasteiger partial charge in [-0.05, 0) is 63.8 Å². The van der Waals surface area contributed by atoms with E-state index in [4.69, 9.17) is 4.42 Å². The zero-order valence-corrected chi connectivity index (χ0v) is 19.7. The maximum absolute atomic E-state index is 13.1. The molecule has 1 N–H and O–H groups in total. The molecule has 0 bridgehead atoms. The quantitative estimate of drug-likeness (QED) is 0.337. The van der Waals surface area contributed by atoms with Gasteiger partial charge in [-0.2, -0.15) is 0 Å². The molecule has 32 heavy (non-hydrogen) atoms. The van der Waals surface area contributed by atoms with Crippen molar-refractivity contribution in [1.29, 1.82) is 0 Å². The first-order valence-corrected chi connectivity index (χ1v) is 11.5. The number of nitrogens with one attached hydrogen (secondary N) is 1. The Kier molecular flexibility index (Phi) is 6.34. The molecule has 1 saturated heterocycles. The number of halogens is 1. The number of anilines is 1. The van der Waals surface area contributed by atoms with Gasteiger partial charge in [-0.3, -0.25) is 14.9 Å². The summed E-state index contributed by atoms with van der Waals surface area (Å²) in [6.07, 6.45) is 1.35. The maximum Gasteiger partial charge on any atom is 0.335 e. The summed E-state index contributed by atoms with van der Waals surface area (Å²) in [7, 11) is 0. The van der Waals surface area contributed by atoms with Crippen molar-refractivity contribution in [2.45, 2.75) is 29.8 Å². The van der Waals surface area contributed by atoms with Crippen LogP contribution in [0, 0.1) is 0 Å². The fourth-order valence-corrected chi connectivity index (χ4v) is 4.50. The Labute approximate surface area is 197 Å². The highest BCUT2D eigenvalue weighted by Gasteiger charge is 2.37. The first kappa shape index (κ1) is 22.1. The molecule has 1 fully saturated rings. The van der Waals surface area contributed by atoms with Crippen LogP contribution in [0.4, 0.5) is 10.5 Å². The van der Waals surface area contributed by atoms with E-state index in [0.717, 1.165) is 15.4 Å². The number of urea groups is 1. The molecule has 0 aliphatic carbocycles. The van der Waals surface area contributed by atoms with Gasteiger partial charge >= 0.3 is 6.03 Å². The van der Waals surface area contributed by atoms with Crippen molar-refractivity contribution < 1.29 is 18.8 Å². The predicted octanol–water partition coefficient (Wildman–Crippen LogP) is 5.98. The number of rotatable bonds is 5. The molecular weight excluding hydrogens is 492 g/mol. The average molecular weight is 511 g/mol. The minimum atomic E-state index is -0.782. The highest BCUT2D eigenvalue weighted by molar-refractivity contribution is 9.10. The summed E-state index contributed by atoms with van der Waals surface area (Å²) in [4.78, 5) is 39.8. The number of hydrogen-bond donors (Lipinski definition) is 1. The Hall–Kier alpha value is -3.10. The monoisotopic (exact) mass is 510 g/mol. The summed E-state index contributed by atoms with van der Waals surface area (Å²) in [5.41, 5.74) is 1.28. The maximum atomic E-state index is 13.1. The lowest BCUT2D eigenvalue weighted by Crippen LogP contribution is -2.54. The summed E-state index contributed by atoms with van der Waals surface area (Å²) in [6, 6.07) is 17.7. The number of imide groups is 2. The van der Waals surface area contributed by atoms with Crippen LogP contribution in [-0.4, -0.2) is 17.8 Å². The molecule has 1 aliphatic rings. The van der Waals surface area contributed by atoms with E-state index in [1.807, 2.05) is 42.5 Å². The first-order chi connectivity index (χ1) is 15.3. The third kappa shape index (κ3) is 4.56. The van der Waals surface area contributed by atoms with E-state index < -0.39 is 17.8 Å². The Morgan fingerprint density at radius 2 is 1.72 bits per heavy atom. The van der Waals surface area contributed by atoms with Crippen LogP contribution in [0.15, 0.2) is 85.1 Å². The molecule has 1 aliphatic heterocycles. The Bertz CT molecular complexity index is 1220. The van der Waals surface area contributed by atoms with Crippen LogP contribution in [0.25, 0.3) is 6.08 Å². The second kappa shape index (κ2) is 9.18. The highest BCUT2D eigenvalue weighted by Crippen LogP contribution is 2.36. The lowest BCUT2D eigenvalue weighted by atomic mass is 10.0. The number of carbonyl (C=O) groups is 3. The summed E-state index contributed by atoms with van der Waals surface area (Å²) < 4.78 is 6.53. The van der Waals surface area contributed by atoms with E-state index in [2.05, 4.69) is 35.1 Å². The van der Waals surface area contributed by atoms with Crippen molar-refractivity contribution in [3.05, 3.63) is 82.0 Å². The van der Waals surface area contributed by atoms with Gasteiger partial charge in [0.15, 0.2) is 5.09 Å². The van der Waals surface area contributed by atoms with E-state index >= 15 is 0 Å². The molecule has 8 heteroatoms. The highest BCUT2D eigenvalue weighted by atomic mass is 79.9. The molecule has 4 amide bonds. The standard InChI is InChI=1S/C24H19BrN2O4S/c1-14(2)15-8-10-16(11-9-15)27-22(29)19(21(28)26-24(27)30)12-17-13-20(25)23(31-17)32-18-6-4-3-5-7-18/h3-14H,1-2H3,(H,26,28,30)/b19-12+. The second-order valence-corrected chi connectivity index (χ2v) is 9.30. The number of furan rings is 1. The molecule has 1 aromatic heterocycles. The Morgan fingerprint density at radius 3 is 2.38 bits per heavy atom. The van der Waals surface area contributed by atoms with E-state index in [0.29, 0.717) is 26.9 Å². The van der Waals surface area contributed by atoms with Crippen molar-refractivity contribution in [2.24, 2.45) is 0 Å². The molecule has 0 atom stereocenters. The molecule has 162 valence electrons. The molecule has 3 aromatic rings. The Balaban J connectivity index is 1.62. The average Bonchev–Trinajstić information content (AvgIpc) is 3.11. The predicted molar refractivity (Wildman–Crippen MR) is 127 cm³/mol. The van der Waals surface area contributed by atoms with Crippen LogP contribution < -0.4 is 10.2 Å². The van der Waals surface area contributed by atoms with Crippen LogP contribution in [0.5, 0.6) is 0 Å². The van der Waals surface area contributed by atoms with Crippen molar-refractivity contribution in [3.8, 4) is 0 Å². The van der Waals surface area contributed by atoms with Crippen molar-refractivity contribution >= 4 is 57.3 Å². The number of benzene rings is 2. The van der Waals surface area contributed by atoms with Crippen LogP contribution in [0.3, 0.4) is 0 Å². The largest absolute Gasteiger partial charge is 0.449 e. The number of carbonyl (C=O) groups excluding carboxylic acids is 3. The van der Waals surface area contributed by atoms with Gasteiger partial charge in [-0.25, -0.2) is 9.69 Å². The molecule has 2 aromatic carbocycles. The van der Waals surface area contributed by atoms with Crippen molar-refractivity contribution in [2.75, 3.05) is 4.90 Å². The normalized spacial score (nSPS) is 15.6. The van der Waals surface area contributed by atoms with Gasteiger partial charge < -0.3 is 4.42 Å². The summed E-state index contributed by atoms with van der Waals surface area (Å²) >= 11 is 4.86. The third-order valence-corrected chi connectivity index (χ3v) is 6.68. The lowest BCUT2D eigenvalue weighted by Gasteiger charge is -2.26. The Morgan fingerprint density at radius 1 is 1.03 bits per heavy atom. The van der Waals surface area contributed by atoms with E-state index in [9.17, 15) is 14.4 Å². The lowest BCUT2D eigenvalue weighted by molar-refractivity contribution is -0.122. The summed E-state index contributed by atoms with van der Waals surface area (Å²) in [5.74, 6) is -0.841. The van der Waals surface area contributed by atoms with Crippen LogP contribution >= 0.6 is 27.7 Å². The SMILES string of the molecule is CC(C)c1ccc(N2C(=O)NC(=O)/C(=C\c3cc(Br)c(Sc4ccccc4)o3)C2=O)cc1. The molecule has 6 nitrogen and oxygen atoms in total. The van der Waals surface area contributed by atoms with Crippen LogP contribution in [-0.2, 0) is 9.59 Å². The zero-order valence-electron chi connectivity index (χ0n) is 17.3. The molecule has 0 radical (unpaired) electrons. The minimum Gasteiger partial charge on any atom is -0.449 e. The van der Waals surface area contributed by atoms with E-state index in [1.54, 1.807) is 18.2 Å². The van der Waals surface area contributed by atoms with E-state index in [-0.39, 0.29) is 5.57 Å². The van der Waals surface area contributed by atoms with E-state index in [1.165, 1.54) is 17.8 Å². The van der Waals surface area contributed by atoms with Gasteiger partial charge in [0.25, 0.3) is 11.8 Å². The number of amides is 4. The van der Waals surface area contributed by atoms with Crippen LogP contribution in [0.2, 0.25) is 0 Å². The third-order valence-electron chi connectivity index (χ3n) is 4.83. The number of barbiturate groups is 1. The number of hydrogen-bond acceptors (Lipinski definition) is 5. The zero-order chi connectivity index (χ0) is 22.8. The molecule has 0 saturated carbocycles. The molecule has 2 heterocycles. The topological polar surface area (TPSA) is 79.6 Å². The van der Waals surface area contributed by atoms with Gasteiger partial charge in [0, 0.05) is 4.90 Å². The molecule has 0 spiro atoms. The van der Waals surface area contributed by atoms with Gasteiger partial charge in [0.1, 0.15) is 11.3 Å². The molecule has 0 unspecified atom stereocenters. The van der Waals surface area contributed by atoms with Crippen molar-refractivity contribution in [3.63, 3.8) is 0 Å². The van der Waals surface area contributed by atoms with Crippen molar-refractivity contribution in [1.82, 2.24) is 5.32 Å². The van der Waals surface area contributed by atoms with Gasteiger partial charge in [0.2, 0.25) is 0 Å². The molecule has 4 rings (SSSR count). The van der Waals surface area contributed by atoms with Gasteiger partial charge in [0.05, 0.1) is 10.2 Å². The fraction of sp³-hybridized carbons (Fsp3) is 0.125. The van der Waals surface area contributed by atoms with Gasteiger partial charge in [-0.15, -0.1) is 0 Å². The fourth-order valence-electron chi connectivity index (χ4n) is 3.15. The summed E-state index contributed by atoms with van der Waals surface area (Å²) in [6.45, 7) is 4.11. The minimum absolute atomic E-state index is 0.185. The second-order valence-electron chi connectivity index (χ2n) is 7.40. The van der Waals surface area contributed by atoms with Crippen LogP contribution in [0.1, 0.15) is 31.1 Å². The van der Waals surface area contributed by atoms with Gasteiger partial charge in [-0.1, -0.05) is 55.9 Å². The summed E-state index contributed by atoms with van der Waals surface area (Å²) in [5, 5.41) is 2.81. The first-order valence-electron chi connectivity index (χ1n) is 9.87. The number of nitrogens with zero attached hydrogens (tertiary/aromatic N) is 1. The molecular formula is C24H19BrN2O4S. The smallest absolute Gasteiger partial charge is 0.335 e.